The number of anilines is 1. The highest BCUT2D eigenvalue weighted by Crippen LogP contribution is 2.20. The highest BCUT2D eigenvalue weighted by atomic mass is 32.2. The summed E-state index contributed by atoms with van der Waals surface area (Å²) in [5, 5.41) is 0. The van der Waals surface area contributed by atoms with E-state index in [1.54, 1.807) is 18.2 Å². The van der Waals surface area contributed by atoms with Crippen molar-refractivity contribution in [2.24, 2.45) is 0 Å². The summed E-state index contributed by atoms with van der Waals surface area (Å²) < 4.78 is 25.1. The molecule has 1 heterocycles. The summed E-state index contributed by atoms with van der Waals surface area (Å²) in [6.45, 7) is 0.0165. The van der Waals surface area contributed by atoms with Gasteiger partial charge in [-0.25, -0.2) is 9.97 Å². The number of nitrogens with zero attached hydrogens (tertiary/aromatic N) is 3. The second-order valence-corrected chi connectivity index (χ2v) is 5.07. The maximum absolute atomic E-state index is 12.3. The molecule has 0 amide bonds. The maximum atomic E-state index is 12.3. The van der Waals surface area contributed by atoms with Gasteiger partial charge in [-0.05, 0) is 12.1 Å². The molecule has 0 radical (unpaired) electrons. The Morgan fingerprint density at radius 2 is 1.89 bits per heavy atom. The molecule has 0 unspecified atom stereocenters. The van der Waals surface area contributed by atoms with Crippen LogP contribution < -0.4 is 4.47 Å². The van der Waals surface area contributed by atoms with Gasteiger partial charge in [-0.1, -0.05) is 22.7 Å². The van der Waals surface area contributed by atoms with Crippen molar-refractivity contribution in [2.45, 2.75) is 4.90 Å². The zero-order valence-corrected chi connectivity index (χ0v) is 10.4. The molecule has 0 aliphatic heterocycles. The Kier molecular flexibility index (Phi) is 3.71. The largest absolute Gasteiger partial charge is 0.327 e. The van der Waals surface area contributed by atoms with Gasteiger partial charge in [0.2, 0.25) is 0 Å². The van der Waals surface area contributed by atoms with Crippen molar-refractivity contribution in [3.05, 3.63) is 48.9 Å². The van der Waals surface area contributed by atoms with E-state index >= 15 is 0 Å². The van der Waals surface area contributed by atoms with Gasteiger partial charge >= 0.3 is 6.47 Å². The summed E-state index contributed by atoms with van der Waals surface area (Å²) in [4.78, 5) is 22.4. The lowest BCUT2D eigenvalue weighted by molar-refractivity contribution is -0.128. The number of aromatic nitrogens is 2. The molecule has 0 aliphatic carbocycles. The van der Waals surface area contributed by atoms with E-state index in [1.165, 1.54) is 24.4 Å². The molecular formula is C11H9N3O4S. The van der Waals surface area contributed by atoms with Gasteiger partial charge in [-0.2, -0.15) is 8.42 Å². The number of carbonyl (C=O) groups excluding carboxylic acids is 1. The second-order valence-electron chi connectivity index (χ2n) is 3.31. The summed E-state index contributed by atoms with van der Waals surface area (Å²) in [5.74, 6) is -0.0639. The molecule has 0 saturated carbocycles. The molecule has 7 nitrogen and oxygen atoms in total. The zero-order valence-electron chi connectivity index (χ0n) is 9.58. The molecule has 2 aromatic rings. The first-order chi connectivity index (χ1) is 9.16. The third-order valence-electron chi connectivity index (χ3n) is 2.15. The van der Waals surface area contributed by atoms with Crippen LogP contribution in [-0.4, -0.2) is 24.9 Å². The number of benzene rings is 1. The molecule has 0 atom stereocenters. The fourth-order valence-electron chi connectivity index (χ4n) is 1.35. The van der Waals surface area contributed by atoms with Gasteiger partial charge in [-0.15, -0.1) is 0 Å². The van der Waals surface area contributed by atoms with Crippen molar-refractivity contribution in [3.63, 3.8) is 0 Å². The van der Waals surface area contributed by atoms with E-state index in [2.05, 4.69) is 14.8 Å². The van der Waals surface area contributed by atoms with Crippen LogP contribution >= 0.6 is 0 Å². The molecule has 19 heavy (non-hydrogen) atoms. The van der Waals surface area contributed by atoms with Gasteiger partial charge in [0.05, 0.1) is 4.90 Å². The molecular weight excluding hydrogens is 270 g/mol. The van der Waals surface area contributed by atoms with Crippen molar-refractivity contribution in [1.82, 2.24) is 9.97 Å². The van der Waals surface area contributed by atoms with Gasteiger partial charge in [0.1, 0.15) is 6.33 Å². The SMILES string of the molecule is O=CON(c1ccncn1)S(=O)(=O)c1ccccc1. The molecule has 0 saturated heterocycles. The van der Waals surface area contributed by atoms with E-state index in [4.69, 9.17) is 0 Å². The smallest absolute Gasteiger partial charge is 0.322 e. The zero-order chi connectivity index (χ0) is 13.7. The van der Waals surface area contributed by atoms with Crippen molar-refractivity contribution in [2.75, 3.05) is 4.47 Å². The molecule has 2 rings (SSSR count). The normalized spacial score (nSPS) is 10.7. The Morgan fingerprint density at radius 1 is 1.16 bits per heavy atom. The first-order valence-corrected chi connectivity index (χ1v) is 6.57. The molecule has 1 aromatic carbocycles. The second kappa shape index (κ2) is 5.44. The Morgan fingerprint density at radius 3 is 2.47 bits per heavy atom. The lowest BCUT2D eigenvalue weighted by Crippen LogP contribution is -2.31. The van der Waals surface area contributed by atoms with E-state index in [1.807, 2.05) is 0 Å². The summed E-state index contributed by atoms with van der Waals surface area (Å²) in [6.07, 6.45) is 2.49. The van der Waals surface area contributed by atoms with Crippen molar-refractivity contribution < 1.29 is 18.0 Å². The minimum atomic E-state index is -4.03. The quantitative estimate of drug-likeness (QED) is 0.593. The van der Waals surface area contributed by atoms with Crippen LogP contribution in [0.2, 0.25) is 0 Å². The van der Waals surface area contributed by atoms with Crippen LogP contribution in [0.5, 0.6) is 0 Å². The minimum absolute atomic E-state index is 0.0165. The first kappa shape index (κ1) is 13.0. The van der Waals surface area contributed by atoms with Crippen molar-refractivity contribution in [3.8, 4) is 0 Å². The first-order valence-electron chi connectivity index (χ1n) is 5.13. The average molecular weight is 279 g/mol. The fraction of sp³-hybridized carbons (Fsp3) is 0. The van der Waals surface area contributed by atoms with Crippen LogP contribution in [0.15, 0.2) is 53.8 Å². The van der Waals surface area contributed by atoms with Crippen LogP contribution in [0.4, 0.5) is 5.82 Å². The lowest BCUT2D eigenvalue weighted by atomic mass is 10.4. The summed E-state index contributed by atoms with van der Waals surface area (Å²) in [6, 6.07) is 8.88. The Balaban J connectivity index is 2.48. The molecule has 0 N–H and O–H groups in total. The third-order valence-corrected chi connectivity index (χ3v) is 3.73. The number of rotatable bonds is 5. The molecule has 0 fully saturated rings. The standard InChI is InChI=1S/C11H9N3O4S/c15-9-18-14(11-6-7-12-8-13-11)19(16,17)10-4-2-1-3-5-10/h1-9H. The van der Waals surface area contributed by atoms with Crippen LogP contribution in [0.1, 0.15) is 0 Å². The minimum Gasteiger partial charge on any atom is -0.327 e. The Labute approximate surface area is 109 Å². The summed E-state index contributed by atoms with van der Waals surface area (Å²) in [5.41, 5.74) is 0. The maximum Gasteiger partial charge on any atom is 0.322 e. The Hall–Kier alpha value is -2.48. The highest BCUT2D eigenvalue weighted by molar-refractivity contribution is 7.92. The van der Waals surface area contributed by atoms with Crippen LogP contribution in [0.25, 0.3) is 0 Å². The molecule has 8 heteroatoms. The van der Waals surface area contributed by atoms with Crippen LogP contribution in [0.3, 0.4) is 0 Å². The fourth-order valence-corrected chi connectivity index (χ4v) is 2.55. The van der Waals surface area contributed by atoms with Crippen LogP contribution in [-0.2, 0) is 19.7 Å². The molecule has 0 spiro atoms. The molecule has 0 aliphatic rings. The summed E-state index contributed by atoms with van der Waals surface area (Å²) >= 11 is 0. The molecule has 98 valence electrons. The van der Waals surface area contributed by atoms with Crippen molar-refractivity contribution in [1.29, 1.82) is 0 Å². The van der Waals surface area contributed by atoms with Gasteiger partial charge in [0, 0.05) is 12.3 Å². The van der Waals surface area contributed by atoms with E-state index in [0.717, 1.165) is 6.33 Å². The highest BCUT2D eigenvalue weighted by Gasteiger charge is 2.27. The van der Waals surface area contributed by atoms with E-state index in [9.17, 15) is 13.2 Å². The molecule has 0 bridgehead atoms. The number of hydrogen-bond acceptors (Lipinski definition) is 6. The van der Waals surface area contributed by atoms with Gasteiger partial charge in [0.25, 0.3) is 10.0 Å². The third kappa shape index (κ3) is 2.68. The average Bonchev–Trinajstić information content (AvgIpc) is 2.46. The van der Waals surface area contributed by atoms with E-state index in [0.29, 0.717) is 4.47 Å². The monoisotopic (exact) mass is 279 g/mol. The number of hydrogen-bond donors (Lipinski definition) is 0. The topological polar surface area (TPSA) is 89.5 Å². The van der Waals surface area contributed by atoms with Gasteiger partial charge in [0.15, 0.2) is 5.82 Å². The number of carbonyl (C=O) groups is 1. The lowest BCUT2D eigenvalue weighted by Gasteiger charge is -2.18. The number of sulfonamides is 1. The summed E-state index contributed by atoms with van der Waals surface area (Å²) in [7, 11) is -4.03. The molecule has 1 aromatic heterocycles. The van der Waals surface area contributed by atoms with Crippen molar-refractivity contribution >= 4 is 22.3 Å². The van der Waals surface area contributed by atoms with Gasteiger partial charge in [-0.3, -0.25) is 4.79 Å². The van der Waals surface area contributed by atoms with Crippen LogP contribution in [0, 0.1) is 0 Å². The Bertz CT molecular complexity index is 646. The predicted octanol–water partition coefficient (Wildman–Crippen LogP) is 0.760. The van der Waals surface area contributed by atoms with Gasteiger partial charge < -0.3 is 4.84 Å². The van der Waals surface area contributed by atoms with E-state index in [-0.39, 0.29) is 17.2 Å². The predicted molar refractivity (Wildman–Crippen MR) is 65.3 cm³/mol. The van der Waals surface area contributed by atoms with E-state index < -0.39 is 10.0 Å².